The minimum Gasteiger partial charge on any atom is -0.372 e. The van der Waals surface area contributed by atoms with Gasteiger partial charge in [0.25, 0.3) is 0 Å². The van der Waals surface area contributed by atoms with Gasteiger partial charge >= 0.3 is 0 Å². The number of carbonyl (C=O) groups excluding carboxylic acids is 1. The number of rotatable bonds is 3. The summed E-state index contributed by atoms with van der Waals surface area (Å²) in [5.41, 5.74) is 2.98. The van der Waals surface area contributed by atoms with Gasteiger partial charge in [0.05, 0.1) is 12.7 Å². The molecule has 1 N–H and O–H groups in total. The molecule has 86 valence electrons. The van der Waals surface area contributed by atoms with Crippen molar-refractivity contribution in [1.29, 1.82) is 0 Å². The Kier molecular flexibility index (Phi) is 3.74. The van der Waals surface area contributed by atoms with Gasteiger partial charge in [-0.1, -0.05) is 15.9 Å². The van der Waals surface area contributed by atoms with Crippen LogP contribution in [0.2, 0.25) is 0 Å². The maximum absolute atomic E-state index is 11.1. The number of ether oxygens (including phenoxy) is 1. The fraction of sp³-hybridized carbons (Fsp3) is 0.417. The van der Waals surface area contributed by atoms with Crippen LogP contribution >= 0.6 is 15.9 Å². The van der Waals surface area contributed by atoms with Crippen molar-refractivity contribution in [2.45, 2.75) is 12.5 Å². The Morgan fingerprint density at radius 2 is 2.44 bits per heavy atom. The van der Waals surface area contributed by atoms with Gasteiger partial charge in [-0.25, -0.2) is 0 Å². The molecule has 1 aliphatic rings. The molecule has 4 heteroatoms. The number of nitrogens with one attached hydrogen (secondary N) is 1. The molecule has 1 unspecified atom stereocenters. The maximum Gasteiger partial charge on any atom is 0.150 e. The Balaban J connectivity index is 2.48. The first-order valence-electron chi connectivity index (χ1n) is 5.30. The monoisotopic (exact) mass is 283 g/mol. The van der Waals surface area contributed by atoms with E-state index in [4.69, 9.17) is 4.74 Å². The topological polar surface area (TPSA) is 38.3 Å². The van der Waals surface area contributed by atoms with Crippen LogP contribution in [0.15, 0.2) is 16.6 Å². The Morgan fingerprint density at radius 3 is 3.12 bits per heavy atom. The van der Waals surface area contributed by atoms with E-state index < -0.39 is 0 Å². The van der Waals surface area contributed by atoms with E-state index in [1.165, 1.54) is 5.56 Å². The zero-order chi connectivity index (χ0) is 11.5. The first-order chi connectivity index (χ1) is 7.76. The Morgan fingerprint density at radius 1 is 1.62 bits per heavy atom. The third-order valence-electron chi connectivity index (χ3n) is 2.79. The SMILES string of the molecule is CNCC1OCCc2cc(Br)cc(C=O)c21. The molecule has 0 bridgehead atoms. The van der Waals surface area contributed by atoms with Crippen molar-refractivity contribution in [3.05, 3.63) is 33.3 Å². The number of halogens is 1. The van der Waals surface area contributed by atoms with Crippen LogP contribution in [0.3, 0.4) is 0 Å². The zero-order valence-electron chi connectivity index (χ0n) is 9.13. The molecule has 2 rings (SSSR count). The lowest BCUT2D eigenvalue weighted by Gasteiger charge is -2.27. The fourth-order valence-electron chi connectivity index (χ4n) is 2.14. The maximum atomic E-state index is 11.1. The molecule has 0 fully saturated rings. The number of hydrogen-bond acceptors (Lipinski definition) is 3. The molecule has 16 heavy (non-hydrogen) atoms. The van der Waals surface area contributed by atoms with Crippen molar-refractivity contribution in [3.8, 4) is 0 Å². The number of benzene rings is 1. The normalized spacial score (nSPS) is 19.2. The predicted molar refractivity (Wildman–Crippen MR) is 65.9 cm³/mol. The minimum absolute atomic E-state index is 0.0120. The zero-order valence-corrected chi connectivity index (χ0v) is 10.7. The first kappa shape index (κ1) is 11.8. The van der Waals surface area contributed by atoms with E-state index in [-0.39, 0.29) is 6.10 Å². The van der Waals surface area contributed by atoms with Gasteiger partial charge in [-0.2, -0.15) is 0 Å². The first-order valence-corrected chi connectivity index (χ1v) is 6.09. The minimum atomic E-state index is -0.0120. The summed E-state index contributed by atoms with van der Waals surface area (Å²) >= 11 is 3.43. The summed E-state index contributed by atoms with van der Waals surface area (Å²) in [6, 6.07) is 3.93. The number of fused-ring (bicyclic) bond motifs is 1. The van der Waals surface area contributed by atoms with Crippen LogP contribution in [-0.2, 0) is 11.2 Å². The van der Waals surface area contributed by atoms with Gasteiger partial charge in [0.2, 0.25) is 0 Å². The second-order valence-corrected chi connectivity index (χ2v) is 4.77. The van der Waals surface area contributed by atoms with Crippen LogP contribution in [0, 0.1) is 0 Å². The summed E-state index contributed by atoms with van der Waals surface area (Å²) < 4.78 is 6.65. The van der Waals surface area contributed by atoms with Crippen LogP contribution in [-0.4, -0.2) is 26.5 Å². The highest BCUT2D eigenvalue weighted by Crippen LogP contribution is 2.31. The lowest BCUT2D eigenvalue weighted by molar-refractivity contribution is 0.0432. The molecule has 3 nitrogen and oxygen atoms in total. The van der Waals surface area contributed by atoms with Crippen LogP contribution in [0.4, 0.5) is 0 Å². The Bertz CT molecular complexity index is 406. The van der Waals surface area contributed by atoms with Crippen molar-refractivity contribution >= 4 is 22.2 Å². The van der Waals surface area contributed by atoms with Gasteiger partial charge < -0.3 is 10.1 Å². The Labute approximate surface area is 103 Å². The van der Waals surface area contributed by atoms with Crippen molar-refractivity contribution in [1.82, 2.24) is 5.32 Å². The van der Waals surface area contributed by atoms with Gasteiger partial charge in [0, 0.05) is 16.6 Å². The van der Waals surface area contributed by atoms with Gasteiger partial charge in [-0.3, -0.25) is 4.79 Å². The van der Waals surface area contributed by atoms with Crippen LogP contribution in [0.5, 0.6) is 0 Å². The second kappa shape index (κ2) is 5.08. The molecule has 0 aromatic heterocycles. The fourth-order valence-corrected chi connectivity index (χ4v) is 2.66. The summed E-state index contributed by atoms with van der Waals surface area (Å²) in [7, 11) is 1.89. The highest BCUT2D eigenvalue weighted by Gasteiger charge is 2.23. The van der Waals surface area contributed by atoms with Crippen LogP contribution in [0.1, 0.15) is 27.6 Å². The van der Waals surface area contributed by atoms with E-state index in [1.807, 2.05) is 13.1 Å². The number of carbonyl (C=O) groups is 1. The summed E-state index contributed by atoms with van der Waals surface area (Å²) in [6.45, 7) is 1.45. The third kappa shape index (κ3) is 2.19. The molecule has 1 aliphatic heterocycles. The number of hydrogen-bond donors (Lipinski definition) is 1. The highest BCUT2D eigenvalue weighted by molar-refractivity contribution is 9.10. The smallest absolute Gasteiger partial charge is 0.150 e. The van der Waals surface area contributed by atoms with Gasteiger partial charge in [-0.05, 0) is 36.7 Å². The van der Waals surface area contributed by atoms with Crippen molar-refractivity contribution in [2.75, 3.05) is 20.2 Å². The molecule has 0 saturated heterocycles. The molecular weight excluding hydrogens is 270 g/mol. The van der Waals surface area contributed by atoms with Crippen molar-refractivity contribution in [3.63, 3.8) is 0 Å². The van der Waals surface area contributed by atoms with E-state index in [2.05, 4.69) is 27.3 Å². The number of aldehydes is 1. The van der Waals surface area contributed by atoms with Gasteiger partial charge in [-0.15, -0.1) is 0 Å². The van der Waals surface area contributed by atoms with E-state index in [0.717, 1.165) is 34.9 Å². The highest BCUT2D eigenvalue weighted by atomic mass is 79.9. The summed E-state index contributed by atoms with van der Waals surface area (Å²) in [6.07, 6.45) is 1.76. The van der Waals surface area contributed by atoms with E-state index in [0.29, 0.717) is 6.61 Å². The molecule has 0 radical (unpaired) electrons. The second-order valence-electron chi connectivity index (χ2n) is 3.85. The Hall–Kier alpha value is -0.710. The average Bonchev–Trinajstić information content (AvgIpc) is 2.28. The van der Waals surface area contributed by atoms with Gasteiger partial charge in [0.1, 0.15) is 6.29 Å². The molecule has 1 aromatic rings. The molecule has 0 amide bonds. The van der Waals surface area contributed by atoms with Crippen LogP contribution < -0.4 is 5.32 Å². The molecule has 0 spiro atoms. The van der Waals surface area contributed by atoms with Crippen molar-refractivity contribution in [2.24, 2.45) is 0 Å². The third-order valence-corrected chi connectivity index (χ3v) is 3.25. The largest absolute Gasteiger partial charge is 0.372 e. The summed E-state index contributed by atoms with van der Waals surface area (Å²) in [4.78, 5) is 11.1. The van der Waals surface area contributed by atoms with Gasteiger partial charge in [0.15, 0.2) is 0 Å². The van der Waals surface area contributed by atoms with Crippen molar-refractivity contribution < 1.29 is 9.53 Å². The van der Waals surface area contributed by atoms with E-state index >= 15 is 0 Å². The molecular formula is C12H14BrNO2. The standard InChI is InChI=1S/C12H14BrNO2/c1-14-6-11-12-8(2-3-16-11)4-10(13)5-9(12)7-15/h4-5,7,11,14H,2-3,6H2,1H3. The predicted octanol–water partition coefficient (Wildman–Crippen LogP) is 2.09. The lowest BCUT2D eigenvalue weighted by Crippen LogP contribution is -2.26. The van der Waals surface area contributed by atoms with E-state index in [9.17, 15) is 4.79 Å². The number of likely N-dealkylation sites (N-methyl/N-ethyl adjacent to an activating group) is 1. The quantitative estimate of drug-likeness (QED) is 0.864. The molecule has 0 aliphatic carbocycles. The lowest BCUT2D eigenvalue weighted by atomic mass is 9.93. The van der Waals surface area contributed by atoms with Crippen LogP contribution in [0.25, 0.3) is 0 Å². The summed E-state index contributed by atoms with van der Waals surface area (Å²) in [5, 5.41) is 3.09. The molecule has 1 atom stereocenters. The van der Waals surface area contributed by atoms with E-state index in [1.54, 1.807) is 0 Å². The molecule has 1 aromatic carbocycles. The average molecular weight is 284 g/mol. The molecule has 1 heterocycles. The molecule has 0 saturated carbocycles. The summed E-state index contributed by atoms with van der Waals surface area (Å²) in [5.74, 6) is 0.